The van der Waals surface area contributed by atoms with Crippen LogP contribution < -0.4 is 24.4 Å². The van der Waals surface area contributed by atoms with E-state index in [1.54, 1.807) is 37.7 Å². The van der Waals surface area contributed by atoms with Crippen LogP contribution in [0.5, 0.6) is 11.5 Å². The zero-order valence-electron chi connectivity index (χ0n) is 29.1. The highest BCUT2D eigenvalue weighted by Crippen LogP contribution is 2.41. The molecule has 1 atom stereocenters. The predicted octanol–water partition coefficient (Wildman–Crippen LogP) is 8.09. The van der Waals surface area contributed by atoms with Crippen molar-refractivity contribution in [2.24, 2.45) is 4.99 Å². The topological polar surface area (TPSA) is 84.1 Å². The van der Waals surface area contributed by atoms with Crippen LogP contribution >= 0.6 is 27.3 Å². The van der Waals surface area contributed by atoms with Crippen LogP contribution in [0.4, 0.5) is 0 Å². The Kier molecular flexibility index (Phi) is 10.1. The van der Waals surface area contributed by atoms with Gasteiger partial charge in [0, 0.05) is 15.7 Å². The minimum atomic E-state index is -0.848. The number of aromatic nitrogens is 2. The van der Waals surface area contributed by atoms with E-state index in [1.165, 1.54) is 11.3 Å². The first-order valence-electron chi connectivity index (χ1n) is 17.0. The van der Waals surface area contributed by atoms with E-state index in [0.717, 1.165) is 33.8 Å². The van der Waals surface area contributed by atoms with Crippen molar-refractivity contribution in [1.82, 2.24) is 9.13 Å². The summed E-state index contributed by atoms with van der Waals surface area (Å²) in [5, 5.41) is 0. The monoisotopic (exact) mass is 773 g/mol. The van der Waals surface area contributed by atoms with Gasteiger partial charge in [-0.25, -0.2) is 9.79 Å². The second kappa shape index (κ2) is 15.0. The van der Waals surface area contributed by atoms with Crippen molar-refractivity contribution >= 4 is 39.3 Å². The van der Waals surface area contributed by atoms with E-state index in [4.69, 9.17) is 19.2 Å². The first kappa shape index (κ1) is 35.0. The molecule has 262 valence electrons. The lowest BCUT2D eigenvalue weighted by Crippen LogP contribution is -2.40. The van der Waals surface area contributed by atoms with E-state index < -0.39 is 12.0 Å². The summed E-state index contributed by atoms with van der Waals surface area (Å²) in [7, 11) is 1.56. The third kappa shape index (κ3) is 6.44. The molecule has 0 amide bonds. The summed E-state index contributed by atoms with van der Waals surface area (Å²) in [5.41, 5.74) is 6.91. The van der Waals surface area contributed by atoms with E-state index in [1.807, 2.05) is 67.6 Å². The first-order valence-corrected chi connectivity index (χ1v) is 18.6. The van der Waals surface area contributed by atoms with Gasteiger partial charge in [0.2, 0.25) is 0 Å². The highest BCUT2D eigenvalue weighted by molar-refractivity contribution is 9.10. The van der Waals surface area contributed by atoms with Crippen LogP contribution in [0.15, 0.2) is 135 Å². The number of rotatable bonds is 10. The number of para-hydroxylation sites is 1. The van der Waals surface area contributed by atoms with Crippen molar-refractivity contribution in [3.05, 3.63) is 156 Å². The molecule has 1 aliphatic heterocycles. The molecule has 0 saturated carbocycles. The number of allylic oxidation sites excluding steroid dienone is 1. The predicted molar refractivity (Wildman–Crippen MR) is 209 cm³/mol. The molecule has 0 spiro atoms. The number of hydrogen-bond acceptors (Lipinski definition) is 7. The highest BCUT2D eigenvalue weighted by atomic mass is 79.9. The number of methoxy groups -OCH3 is 1. The third-order valence-electron chi connectivity index (χ3n) is 8.84. The van der Waals surface area contributed by atoms with E-state index in [2.05, 4.69) is 63.0 Å². The lowest BCUT2D eigenvalue weighted by atomic mass is 9.95. The fourth-order valence-corrected chi connectivity index (χ4v) is 8.19. The maximum Gasteiger partial charge on any atom is 0.338 e. The lowest BCUT2D eigenvalue weighted by Gasteiger charge is -2.26. The summed E-state index contributed by atoms with van der Waals surface area (Å²) in [6.45, 7) is 6.03. The maximum atomic E-state index is 14.8. The molecule has 1 aliphatic rings. The number of nitrogens with zero attached hydrogens (tertiary/aromatic N) is 3. The molecular formula is C42H36BrN3O5S. The largest absolute Gasteiger partial charge is 0.493 e. The third-order valence-corrected chi connectivity index (χ3v) is 10.5. The number of carbonyl (C=O) groups excluding carboxylic acids is 1. The summed E-state index contributed by atoms with van der Waals surface area (Å²) in [6, 6.07) is 35.5. The summed E-state index contributed by atoms with van der Waals surface area (Å²) in [5.74, 6) is 0.474. The number of halogens is 1. The SMILES string of the molecule is CCOC(=O)C1=C(C)N=c2s/c(=C/c3cc(-c4ccccc4)n(-c4ccccc4)c3-c3ccccc3)c(=O)n2[C@@H]1c1cc(OC)c(OCC)cc1Br. The molecule has 10 heteroatoms. The van der Waals surface area contributed by atoms with Crippen LogP contribution in [-0.4, -0.2) is 35.4 Å². The molecule has 8 nitrogen and oxygen atoms in total. The standard InChI is InChI=1S/C42H36BrN3O5S/c1-5-50-35-25-32(43)31(24-34(35)49-4)39-37(41(48)51-6-2)26(3)44-42-46(39)40(47)36(52-42)23-29-22-33(27-16-10-7-11-17-27)45(30-20-14-9-15-21-30)38(29)28-18-12-8-13-19-28/h7-25,39H,5-6H2,1-4H3/b36-23+/t39-/m1/s1. The molecule has 52 heavy (non-hydrogen) atoms. The smallest absolute Gasteiger partial charge is 0.338 e. The molecule has 0 unspecified atom stereocenters. The second-order valence-electron chi connectivity index (χ2n) is 12.0. The molecule has 7 rings (SSSR count). The number of thiazole rings is 1. The molecule has 0 bridgehead atoms. The van der Waals surface area contributed by atoms with Crippen molar-refractivity contribution in [3.63, 3.8) is 0 Å². The Bertz CT molecular complexity index is 2490. The van der Waals surface area contributed by atoms with Gasteiger partial charge in [-0.05, 0) is 73.9 Å². The summed E-state index contributed by atoms with van der Waals surface area (Å²) in [6.07, 6.45) is 1.94. The van der Waals surface area contributed by atoms with Crippen LogP contribution in [0.1, 0.15) is 37.9 Å². The fourth-order valence-electron chi connectivity index (χ4n) is 6.61. The van der Waals surface area contributed by atoms with Crippen molar-refractivity contribution in [2.75, 3.05) is 20.3 Å². The van der Waals surface area contributed by atoms with Crippen LogP contribution in [-0.2, 0) is 9.53 Å². The number of fused-ring (bicyclic) bond motifs is 1. The summed E-state index contributed by atoms with van der Waals surface area (Å²) in [4.78, 5) is 33.7. The van der Waals surface area contributed by atoms with Crippen LogP contribution in [0.2, 0.25) is 0 Å². The number of benzene rings is 4. The minimum absolute atomic E-state index is 0.172. The molecule has 0 N–H and O–H groups in total. The Hall–Kier alpha value is -5.45. The molecule has 0 aliphatic carbocycles. The van der Waals surface area contributed by atoms with Crippen LogP contribution in [0.3, 0.4) is 0 Å². The average molecular weight is 775 g/mol. The average Bonchev–Trinajstić information content (AvgIpc) is 3.69. The summed E-state index contributed by atoms with van der Waals surface area (Å²) < 4.78 is 22.0. The van der Waals surface area contributed by atoms with Gasteiger partial charge >= 0.3 is 5.97 Å². The zero-order chi connectivity index (χ0) is 36.4. The van der Waals surface area contributed by atoms with Crippen molar-refractivity contribution < 1.29 is 19.0 Å². The van der Waals surface area contributed by atoms with Gasteiger partial charge < -0.3 is 18.8 Å². The van der Waals surface area contributed by atoms with Crippen LogP contribution in [0.25, 0.3) is 34.3 Å². The Morgan fingerprint density at radius 3 is 2.17 bits per heavy atom. The van der Waals surface area contributed by atoms with Crippen molar-refractivity contribution in [1.29, 1.82) is 0 Å². The molecule has 0 saturated heterocycles. The molecule has 0 radical (unpaired) electrons. The Balaban J connectivity index is 1.51. The van der Waals surface area contributed by atoms with Gasteiger partial charge in [-0.2, -0.15) is 0 Å². The molecule has 0 fully saturated rings. The number of hydrogen-bond donors (Lipinski definition) is 0. The minimum Gasteiger partial charge on any atom is -0.493 e. The van der Waals surface area contributed by atoms with Crippen molar-refractivity contribution in [2.45, 2.75) is 26.8 Å². The molecule has 3 heterocycles. The number of ether oxygens (including phenoxy) is 3. The molecule has 4 aromatic carbocycles. The van der Waals surface area contributed by atoms with E-state index >= 15 is 0 Å². The normalized spacial score (nSPS) is 14.2. The lowest BCUT2D eigenvalue weighted by molar-refractivity contribution is -0.139. The van der Waals surface area contributed by atoms with Crippen LogP contribution in [0, 0.1) is 0 Å². The van der Waals surface area contributed by atoms with Gasteiger partial charge in [0.05, 0.1) is 53.6 Å². The highest BCUT2D eigenvalue weighted by Gasteiger charge is 2.35. The van der Waals surface area contributed by atoms with Gasteiger partial charge in [-0.15, -0.1) is 0 Å². The van der Waals surface area contributed by atoms with E-state index in [9.17, 15) is 9.59 Å². The molecule has 2 aromatic heterocycles. The second-order valence-corrected chi connectivity index (χ2v) is 13.9. The zero-order valence-corrected chi connectivity index (χ0v) is 31.5. The van der Waals surface area contributed by atoms with Gasteiger partial charge in [0.1, 0.15) is 0 Å². The van der Waals surface area contributed by atoms with Crippen molar-refractivity contribution in [3.8, 4) is 39.7 Å². The van der Waals surface area contributed by atoms with Gasteiger partial charge in [0.25, 0.3) is 5.56 Å². The maximum absolute atomic E-state index is 14.8. The first-order chi connectivity index (χ1) is 25.3. The van der Waals surface area contributed by atoms with Gasteiger partial charge in [0.15, 0.2) is 16.3 Å². The Morgan fingerprint density at radius 2 is 1.54 bits per heavy atom. The molecule has 6 aromatic rings. The van der Waals surface area contributed by atoms with E-state index in [0.29, 0.717) is 43.2 Å². The number of carbonyl (C=O) groups is 1. The fraction of sp³-hybridized carbons (Fsp3) is 0.167. The Morgan fingerprint density at radius 1 is 0.885 bits per heavy atom. The quantitative estimate of drug-likeness (QED) is 0.132. The number of esters is 1. The van der Waals surface area contributed by atoms with Gasteiger partial charge in [-0.3, -0.25) is 9.36 Å². The van der Waals surface area contributed by atoms with E-state index in [-0.39, 0.29) is 17.7 Å². The summed E-state index contributed by atoms with van der Waals surface area (Å²) >= 11 is 5.00. The Labute approximate surface area is 313 Å². The molecular weight excluding hydrogens is 738 g/mol. The van der Waals surface area contributed by atoms with Gasteiger partial charge in [-0.1, -0.05) is 106 Å².